The van der Waals surface area contributed by atoms with Crippen molar-refractivity contribution in [1.82, 2.24) is 20.8 Å². The molecule has 2 amide bonds. The van der Waals surface area contributed by atoms with E-state index in [0.29, 0.717) is 25.2 Å². The number of amides is 2. The van der Waals surface area contributed by atoms with Crippen molar-refractivity contribution in [2.24, 2.45) is 5.41 Å². The van der Waals surface area contributed by atoms with Gasteiger partial charge in [-0.05, 0) is 13.3 Å². The van der Waals surface area contributed by atoms with E-state index >= 15 is 0 Å². The van der Waals surface area contributed by atoms with Crippen LogP contribution in [0, 0.1) is 5.41 Å². The third-order valence-corrected chi connectivity index (χ3v) is 2.98. The van der Waals surface area contributed by atoms with E-state index in [1.165, 1.54) is 6.39 Å². The Kier molecular flexibility index (Phi) is 5.28. The van der Waals surface area contributed by atoms with Crippen LogP contribution < -0.4 is 10.6 Å². The highest BCUT2D eigenvalue weighted by atomic mass is 16.5. The number of nitrogens with zero attached hydrogens (tertiary/aromatic N) is 2. The van der Waals surface area contributed by atoms with E-state index in [9.17, 15) is 9.59 Å². The average molecular weight is 270 g/mol. The molecule has 1 atom stereocenters. The maximum absolute atomic E-state index is 11.5. The highest BCUT2D eigenvalue weighted by Gasteiger charge is 2.31. The SMILES string of the molecule is CCC(C)(CNC(=O)NCCc1ncon1)C(=O)O. The molecule has 0 saturated carbocycles. The van der Waals surface area contributed by atoms with Crippen molar-refractivity contribution in [3.8, 4) is 0 Å². The molecule has 0 aliphatic heterocycles. The molecule has 3 N–H and O–H groups in total. The van der Waals surface area contributed by atoms with Crippen molar-refractivity contribution in [2.45, 2.75) is 26.7 Å². The number of urea groups is 1. The summed E-state index contributed by atoms with van der Waals surface area (Å²) in [4.78, 5) is 26.3. The van der Waals surface area contributed by atoms with Crippen LogP contribution in [0.3, 0.4) is 0 Å². The number of nitrogens with one attached hydrogen (secondary N) is 2. The van der Waals surface area contributed by atoms with Gasteiger partial charge in [0.2, 0.25) is 6.39 Å². The summed E-state index contributed by atoms with van der Waals surface area (Å²) >= 11 is 0. The first kappa shape index (κ1) is 14.9. The van der Waals surface area contributed by atoms with Crippen LogP contribution in [0.15, 0.2) is 10.9 Å². The van der Waals surface area contributed by atoms with Crippen LogP contribution in [0.25, 0.3) is 0 Å². The van der Waals surface area contributed by atoms with E-state index in [4.69, 9.17) is 5.11 Å². The van der Waals surface area contributed by atoms with E-state index in [1.54, 1.807) is 13.8 Å². The molecule has 0 fully saturated rings. The molecular weight excluding hydrogens is 252 g/mol. The number of rotatable bonds is 7. The maximum atomic E-state index is 11.5. The zero-order chi connectivity index (χ0) is 14.3. The first-order valence-electron chi connectivity index (χ1n) is 5.98. The second-order valence-electron chi connectivity index (χ2n) is 4.43. The smallest absolute Gasteiger partial charge is 0.314 e. The molecule has 0 aromatic carbocycles. The molecule has 1 unspecified atom stereocenters. The summed E-state index contributed by atoms with van der Waals surface area (Å²) in [5, 5.41) is 17.8. The highest BCUT2D eigenvalue weighted by Crippen LogP contribution is 2.19. The standard InChI is InChI=1S/C11H18N4O4/c1-3-11(2,9(16)17)6-13-10(18)12-5-4-8-14-7-19-15-8/h7H,3-6H2,1-2H3,(H,16,17)(H2,12,13,18). The van der Waals surface area contributed by atoms with Crippen LogP contribution in [-0.4, -0.2) is 40.3 Å². The number of aromatic nitrogens is 2. The molecular formula is C11H18N4O4. The van der Waals surface area contributed by atoms with Crippen molar-refractivity contribution >= 4 is 12.0 Å². The Bertz CT molecular complexity index is 420. The fourth-order valence-electron chi connectivity index (χ4n) is 1.28. The summed E-state index contributed by atoms with van der Waals surface area (Å²) < 4.78 is 4.55. The van der Waals surface area contributed by atoms with Crippen molar-refractivity contribution in [2.75, 3.05) is 13.1 Å². The molecule has 0 bridgehead atoms. The number of carboxylic acids is 1. The molecule has 0 spiro atoms. The number of hydrogen-bond donors (Lipinski definition) is 3. The fraction of sp³-hybridized carbons (Fsp3) is 0.636. The van der Waals surface area contributed by atoms with Gasteiger partial charge in [0.15, 0.2) is 5.82 Å². The molecule has 0 aliphatic carbocycles. The Balaban J connectivity index is 2.26. The van der Waals surface area contributed by atoms with Crippen LogP contribution in [0.1, 0.15) is 26.1 Å². The van der Waals surface area contributed by atoms with Gasteiger partial charge >= 0.3 is 12.0 Å². The first-order chi connectivity index (χ1) is 8.98. The van der Waals surface area contributed by atoms with Crippen molar-refractivity contribution in [1.29, 1.82) is 0 Å². The van der Waals surface area contributed by atoms with Gasteiger partial charge < -0.3 is 20.3 Å². The Hall–Kier alpha value is -2.12. The highest BCUT2D eigenvalue weighted by molar-refractivity contribution is 5.77. The van der Waals surface area contributed by atoms with E-state index in [-0.39, 0.29) is 6.54 Å². The Morgan fingerprint density at radius 1 is 1.47 bits per heavy atom. The number of carboxylic acid groups (broad SMARTS) is 1. The summed E-state index contributed by atoms with van der Waals surface area (Å²) in [5.74, 6) is -0.425. The maximum Gasteiger partial charge on any atom is 0.314 e. The molecule has 1 heterocycles. The Morgan fingerprint density at radius 2 is 2.21 bits per heavy atom. The lowest BCUT2D eigenvalue weighted by Crippen LogP contribution is -2.45. The van der Waals surface area contributed by atoms with Crippen LogP contribution in [0.4, 0.5) is 4.79 Å². The molecule has 1 aromatic rings. The van der Waals surface area contributed by atoms with E-state index in [1.807, 2.05) is 0 Å². The number of carbonyl (C=O) groups is 2. The van der Waals surface area contributed by atoms with Gasteiger partial charge in [0.25, 0.3) is 0 Å². The summed E-state index contributed by atoms with van der Waals surface area (Å²) in [7, 11) is 0. The topological polar surface area (TPSA) is 117 Å². The van der Waals surface area contributed by atoms with Gasteiger partial charge in [0.05, 0.1) is 5.41 Å². The molecule has 106 valence electrons. The zero-order valence-corrected chi connectivity index (χ0v) is 11.0. The summed E-state index contributed by atoms with van der Waals surface area (Å²) in [6.07, 6.45) is 2.11. The molecule has 0 saturated heterocycles. The molecule has 1 rings (SSSR count). The summed E-state index contributed by atoms with van der Waals surface area (Å²) in [6, 6.07) is -0.413. The first-order valence-corrected chi connectivity index (χ1v) is 5.98. The predicted octanol–water partition coefficient (Wildman–Crippen LogP) is 0.412. The van der Waals surface area contributed by atoms with Gasteiger partial charge in [-0.1, -0.05) is 12.1 Å². The quantitative estimate of drug-likeness (QED) is 0.660. The number of hydrogen-bond acceptors (Lipinski definition) is 5. The molecule has 19 heavy (non-hydrogen) atoms. The van der Waals surface area contributed by atoms with Crippen molar-refractivity contribution in [3.63, 3.8) is 0 Å². The van der Waals surface area contributed by atoms with Crippen molar-refractivity contribution < 1.29 is 19.2 Å². The van der Waals surface area contributed by atoms with Crippen LogP contribution >= 0.6 is 0 Å². The van der Waals surface area contributed by atoms with E-state index in [0.717, 1.165) is 0 Å². The minimum absolute atomic E-state index is 0.0763. The van der Waals surface area contributed by atoms with Gasteiger partial charge in [-0.3, -0.25) is 4.79 Å². The fourth-order valence-corrected chi connectivity index (χ4v) is 1.28. The number of aliphatic carboxylic acids is 1. The minimum atomic E-state index is -0.953. The molecule has 8 heteroatoms. The Labute approximate surface area is 110 Å². The predicted molar refractivity (Wildman–Crippen MR) is 65.4 cm³/mol. The molecule has 8 nitrogen and oxygen atoms in total. The molecule has 1 aromatic heterocycles. The van der Waals surface area contributed by atoms with Crippen LogP contribution in [0.5, 0.6) is 0 Å². The van der Waals surface area contributed by atoms with E-state index < -0.39 is 17.4 Å². The monoisotopic (exact) mass is 270 g/mol. The second kappa shape index (κ2) is 6.72. The molecule has 0 aliphatic rings. The van der Waals surface area contributed by atoms with Gasteiger partial charge in [0, 0.05) is 19.5 Å². The summed E-state index contributed by atoms with van der Waals surface area (Å²) in [5.41, 5.74) is -0.953. The second-order valence-corrected chi connectivity index (χ2v) is 4.43. The lowest BCUT2D eigenvalue weighted by Gasteiger charge is -2.23. The average Bonchev–Trinajstić information content (AvgIpc) is 2.89. The van der Waals surface area contributed by atoms with E-state index in [2.05, 4.69) is 25.3 Å². The largest absolute Gasteiger partial charge is 0.481 e. The van der Waals surface area contributed by atoms with Gasteiger partial charge in [-0.2, -0.15) is 4.98 Å². The minimum Gasteiger partial charge on any atom is -0.481 e. The zero-order valence-electron chi connectivity index (χ0n) is 11.0. The normalized spacial score (nSPS) is 13.6. The van der Waals surface area contributed by atoms with Crippen LogP contribution in [0.2, 0.25) is 0 Å². The lowest BCUT2D eigenvalue weighted by atomic mass is 9.88. The van der Waals surface area contributed by atoms with Crippen LogP contribution in [-0.2, 0) is 11.2 Å². The molecule has 0 radical (unpaired) electrons. The Morgan fingerprint density at radius 3 is 2.74 bits per heavy atom. The third kappa shape index (κ3) is 4.57. The number of carbonyl (C=O) groups excluding carboxylic acids is 1. The van der Waals surface area contributed by atoms with Gasteiger partial charge in [-0.15, -0.1) is 0 Å². The lowest BCUT2D eigenvalue weighted by molar-refractivity contribution is -0.147. The third-order valence-electron chi connectivity index (χ3n) is 2.98. The summed E-state index contributed by atoms with van der Waals surface area (Å²) in [6.45, 7) is 3.78. The van der Waals surface area contributed by atoms with Gasteiger partial charge in [-0.25, -0.2) is 4.79 Å². The van der Waals surface area contributed by atoms with Gasteiger partial charge in [0.1, 0.15) is 0 Å². The van der Waals surface area contributed by atoms with Crippen molar-refractivity contribution in [3.05, 3.63) is 12.2 Å².